The van der Waals surface area contributed by atoms with Crippen molar-refractivity contribution in [2.45, 2.75) is 20.4 Å². The van der Waals surface area contributed by atoms with E-state index >= 15 is 0 Å². The summed E-state index contributed by atoms with van der Waals surface area (Å²) in [4.78, 5) is 14.3. The Morgan fingerprint density at radius 1 is 0.848 bits per heavy atom. The second kappa shape index (κ2) is 8.71. The summed E-state index contributed by atoms with van der Waals surface area (Å²) in [5, 5.41) is 10.1. The fourth-order valence-electron chi connectivity index (χ4n) is 4.62. The van der Waals surface area contributed by atoms with Crippen molar-refractivity contribution in [2.75, 3.05) is 36.0 Å². The van der Waals surface area contributed by atoms with E-state index in [2.05, 4.69) is 45.1 Å². The van der Waals surface area contributed by atoms with Crippen LogP contribution < -0.4 is 15.5 Å². The number of rotatable bonds is 4. The summed E-state index contributed by atoms with van der Waals surface area (Å²) in [6.07, 6.45) is 1.88. The molecular formula is C27H29N5O. The van der Waals surface area contributed by atoms with Gasteiger partial charge in [0.1, 0.15) is 11.6 Å². The lowest BCUT2D eigenvalue weighted by Gasteiger charge is -2.37. The van der Waals surface area contributed by atoms with E-state index in [1.54, 1.807) is 0 Å². The lowest BCUT2D eigenvalue weighted by atomic mass is 9.99. The van der Waals surface area contributed by atoms with Gasteiger partial charge in [-0.1, -0.05) is 24.3 Å². The summed E-state index contributed by atoms with van der Waals surface area (Å²) >= 11 is 0. The molecule has 0 aliphatic carbocycles. The van der Waals surface area contributed by atoms with Crippen molar-refractivity contribution < 1.29 is 5.11 Å². The van der Waals surface area contributed by atoms with Crippen LogP contribution in [0, 0.1) is 13.8 Å². The number of para-hydroxylation sites is 1. The van der Waals surface area contributed by atoms with Crippen molar-refractivity contribution in [3.05, 3.63) is 77.5 Å². The molecular weight excluding hydrogens is 410 g/mol. The van der Waals surface area contributed by atoms with Crippen LogP contribution in [0.2, 0.25) is 0 Å². The maximum atomic E-state index is 10.1. The van der Waals surface area contributed by atoms with Crippen LogP contribution >= 0.6 is 0 Å². The van der Waals surface area contributed by atoms with E-state index in [1.807, 2.05) is 44.3 Å². The number of hydrogen-bond donors (Lipinski definition) is 2. The summed E-state index contributed by atoms with van der Waals surface area (Å²) in [6.45, 7) is 8.01. The molecule has 0 amide bonds. The van der Waals surface area contributed by atoms with Crippen LogP contribution in [0.4, 0.5) is 11.5 Å². The summed E-state index contributed by atoms with van der Waals surface area (Å²) in [5.41, 5.74) is 14.0. The van der Waals surface area contributed by atoms with Crippen LogP contribution in [0.3, 0.4) is 0 Å². The van der Waals surface area contributed by atoms with Crippen molar-refractivity contribution in [2.24, 2.45) is 5.73 Å². The molecule has 5 rings (SSSR count). The Balaban J connectivity index is 1.38. The Morgan fingerprint density at radius 3 is 2.27 bits per heavy atom. The molecule has 168 valence electrons. The van der Waals surface area contributed by atoms with Crippen LogP contribution in [0.1, 0.15) is 16.7 Å². The van der Waals surface area contributed by atoms with E-state index < -0.39 is 0 Å². The summed E-state index contributed by atoms with van der Waals surface area (Å²) in [6, 6.07) is 18.6. The third-order valence-corrected chi connectivity index (χ3v) is 6.51. The Bertz CT molecular complexity index is 1290. The zero-order valence-electron chi connectivity index (χ0n) is 19.1. The number of nitrogens with two attached hydrogens (primary N) is 1. The van der Waals surface area contributed by atoms with Gasteiger partial charge in [0.2, 0.25) is 0 Å². The maximum absolute atomic E-state index is 10.1. The lowest BCUT2D eigenvalue weighted by molar-refractivity contribution is 0.467. The average molecular weight is 440 g/mol. The number of phenolic OH excluding ortho intramolecular Hbond substituents is 1. The smallest absolute Gasteiger partial charge is 0.147 e. The fourth-order valence-corrected chi connectivity index (χ4v) is 4.62. The number of anilines is 2. The molecule has 1 saturated heterocycles. The Kier molecular flexibility index (Phi) is 5.60. The molecule has 0 spiro atoms. The van der Waals surface area contributed by atoms with Gasteiger partial charge in [-0.2, -0.15) is 0 Å². The van der Waals surface area contributed by atoms with Crippen molar-refractivity contribution >= 4 is 22.5 Å². The van der Waals surface area contributed by atoms with Crippen LogP contribution in [0.5, 0.6) is 5.75 Å². The Labute approximate surface area is 194 Å². The van der Waals surface area contributed by atoms with E-state index in [0.717, 1.165) is 65.3 Å². The number of phenols is 1. The zero-order valence-corrected chi connectivity index (χ0v) is 19.1. The van der Waals surface area contributed by atoms with Gasteiger partial charge in [-0.25, -0.2) is 4.98 Å². The normalized spacial score (nSPS) is 14.2. The van der Waals surface area contributed by atoms with E-state index in [0.29, 0.717) is 12.3 Å². The van der Waals surface area contributed by atoms with Crippen molar-refractivity contribution in [3.8, 4) is 16.9 Å². The molecule has 33 heavy (non-hydrogen) atoms. The number of fused-ring (bicyclic) bond motifs is 1. The summed E-state index contributed by atoms with van der Waals surface area (Å²) < 4.78 is 0. The van der Waals surface area contributed by atoms with Crippen LogP contribution in [0.15, 0.2) is 60.8 Å². The van der Waals surface area contributed by atoms with Crippen molar-refractivity contribution in [3.63, 3.8) is 0 Å². The predicted octanol–water partition coefficient (Wildman–Crippen LogP) is 4.40. The largest absolute Gasteiger partial charge is 0.507 e. The lowest BCUT2D eigenvalue weighted by Crippen LogP contribution is -2.47. The number of piperazine rings is 1. The molecule has 1 aliphatic rings. The minimum absolute atomic E-state index is 0.356. The minimum Gasteiger partial charge on any atom is -0.507 e. The van der Waals surface area contributed by atoms with Gasteiger partial charge < -0.3 is 20.6 Å². The van der Waals surface area contributed by atoms with E-state index in [-0.39, 0.29) is 0 Å². The molecule has 4 aromatic rings. The quantitative estimate of drug-likeness (QED) is 0.491. The molecule has 0 unspecified atom stereocenters. The highest BCUT2D eigenvalue weighted by molar-refractivity contribution is 5.83. The van der Waals surface area contributed by atoms with E-state index in [1.165, 1.54) is 11.3 Å². The van der Waals surface area contributed by atoms with Crippen LogP contribution in [-0.2, 0) is 6.54 Å². The van der Waals surface area contributed by atoms with Gasteiger partial charge >= 0.3 is 0 Å². The molecule has 0 atom stereocenters. The molecule has 3 N–H and O–H groups in total. The summed E-state index contributed by atoms with van der Waals surface area (Å²) in [7, 11) is 0. The highest BCUT2D eigenvalue weighted by Gasteiger charge is 2.20. The van der Waals surface area contributed by atoms with Gasteiger partial charge in [-0.05, 0) is 72.0 Å². The van der Waals surface area contributed by atoms with Gasteiger partial charge in [-0.3, -0.25) is 4.98 Å². The minimum atomic E-state index is 0.356. The average Bonchev–Trinajstić information content (AvgIpc) is 2.86. The molecule has 3 aromatic carbocycles. The first kappa shape index (κ1) is 21.2. The molecule has 1 aromatic heterocycles. The molecule has 0 radical (unpaired) electrons. The Morgan fingerprint density at radius 2 is 1.55 bits per heavy atom. The summed E-state index contributed by atoms with van der Waals surface area (Å²) in [5.74, 6) is 1.26. The van der Waals surface area contributed by atoms with Gasteiger partial charge in [0.25, 0.3) is 0 Å². The zero-order chi connectivity index (χ0) is 22.9. The first-order valence-electron chi connectivity index (χ1n) is 11.4. The molecule has 6 heteroatoms. The third kappa shape index (κ3) is 4.10. The van der Waals surface area contributed by atoms with Crippen LogP contribution in [0.25, 0.3) is 22.2 Å². The standard InChI is InChI=1S/C27H29N5O/c1-18-13-22(14-19(2)27(18)33)20-7-8-23-24(15-20)30-26(17-29-23)32-11-9-31(10-12-32)25-6-4-3-5-21(25)16-28/h3-8,13-15,17,33H,9-12,16,28H2,1-2H3. The van der Waals surface area contributed by atoms with Gasteiger partial charge in [0.15, 0.2) is 0 Å². The molecule has 6 nitrogen and oxygen atoms in total. The van der Waals surface area contributed by atoms with E-state index in [4.69, 9.17) is 10.7 Å². The predicted molar refractivity (Wildman–Crippen MR) is 135 cm³/mol. The van der Waals surface area contributed by atoms with Gasteiger partial charge in [0.05, 0.1) is 17.2 Å². The topological polar surface area (TPSA) is 78.5 Å². The van der Waals surface area contributed by atoms with Crippen LogP contribution in [-0.4, -0.2) is 41.3 Å². The number of aryl methyl sites for hydroxylation is 2. The number of nitrogens with zero attached hydrogens (tertiary/aromatic N) is 4. The Hall–Kier alpha value is -3.64. The third-order valence-electron chi connectivity index (χ3n) is 6.51. The number of benzene rings is 3. The van der Waals surface area contributed by atoms with E-state index in [9.17, 15) is 5.11 Å². The van der Waals surface area contributed by atoms with Gasteiger partial charge in [0, 0.05) is 38.4 Å². The highest BCUT2D eigenvalue weighted by Crippen LogP contribution is 2.31. The highest BCUT2D eigenvalue weighted by atomic mass is 16.3. The molecule has 0 saturated carbocycles. The van der Waals surface area contributed by atoms with Gasteiger partial charge in [-0.15, -0.1) is 0 Å². The second-order valence-corrected chi connectivity index (χ2v) is 8.70. The number of aromatic nitrogens is 2. The van der Waals surface area contributed by atoms with Crippen molar-refractivity contribution in [1.29, 1.82) is 0 Å². The SMILES string of the molecule is Cc1cc(-c2ccc3ncc(N4CCN(c5ccccc5CN)CC4)nc3c2)cc(C)c1O. The molecule has 1 aliphatic heterocycles. The molecule has 0 bridgehead atoms. The molecule has 2 heterocycles. The second-order valence-electron chi connectivity index (χ2n) is 8.70. The number of aromatic hydroxyl groups is 1. The first-order valence-corrected chi connectivity index (χ1v) is 11.4. The number of hydrogen-bond acceptors (Lipinski definition) is 6. The fraction of sp³-hybridized carbons (Fsp3) is 0.259. The van der Waals surface area contributed by atoms with Crippen molar-refractivity contribution in [1.82, 2.24) is 9.97 Å². The monoisotopic (exact) mass is 439 g/mol. The maximum Gasteiger partial charge on any atom is 0.147 e. The molecule has 1 fully saturated rings. The first-order chi connectivity index (χ1) is 16.0.